The Morgan fingerprint density at radius 2 is 1.74 bits per heavy atom. The predicted molar refractivity (Wildman–Crippen MR) is 74.7 cm³/mol. The fourth-order valence-corrected chi connectivity index (χ4v) is 2.02. The van der Waals surface area contributed by atoms with Gasteiger partial charge in [-0.3, -0.25) is 4.98 Å². The standard InChI is InChI=1S/C15H14N4/c16-10-13-11-19(14-4-2-1-3-5-14)18-15(13)12-6-8-17-9-7-12/h1-9,11H,10,16H2. The summed E-state index contributed by atoms with van der Waals surface area (Å²) in [4.78, 5) is 4.03. The zero-order chi connectivity index (χ0) is 13.1. The van der Waals surface area contributed by atoms with Gasteiger partial charge in [-0.1, -0.05) is 18.2 Å². The Bertz CT molecular complexity index is 659. The number of nitrogens with zero attached hydrogens (tertiary/aromatic N) is 3. The molecule has 0 aliphatic heterocycles. The molecule has 0 amide bonds. The van der Waals surface area contributed by atoms with Crippen molar-refractivity contribution in [1.29, 1.82) is 0 Å². The summed E-state index contributed by atoms with van der Waals surface area (Å²) >= 11 is 0. The van der Waals surface area contributed by atoms with E-state index in [4.69, 9.17) is 5.73 Å². The number of aromatic nitrogens is 3. The molecule has 19 heavy (non-hydrogen) atoms. The van der Waals surface area contributed by atoms with E-state index in [0.29, 0.717) is 6.54 Å². The molecule has 0 saturated heterocycles. The monoisotopic (exact) mass is 250 g/mol. The number of hydrogen-bond donors (Lipinski definition) is 1. The van der Waals surface area contributed by atoms with Crippen LogP contribution in [-0.2, 0) is 6.54 Å². The number of para-hydroxylation sites is 1. The van der Waals surface area contributed by atoms with Crippen molar-refractivity contribution in [2.45, 2.75) is 6.54 Å². The Hall–Kier alpha value is -2.46. The highest BCUT2D eigenvalue weighted by atomic mass is 15.3. The first-order valence-electron chi connectivity index (χ1n) is 6.13. The summed E-state index contributed by atoms with van der Waals surface area (Å²) in [6.07, 6.45) is 5.50. The van der Waals surface area contributed by atoms with E-state index in [1.165, 1.54) is 0 Å². The van der Waals surface area contributed by atoms with Gasteiger partial charge in [-0.25, -0.2) is 4.68 Å². The van der Waals surface area contributed by atoms with Crippen molar-refractivity contribution in [3.63, 3.8) is 0 Å². The summed E-state index contributed by atoms with van der Waals surface area (Å²) < 4.78 is 1.86. The minimum atomic E-state index is 0.463. The molecule has 4 nitrogen and oxygen atoms in total. The van der Waals surface area contributed by atoms with Gasteiger partial charge in [-0.2, -0.15) is 5.10 Å². The Morgan fingerprint density at radius 1 is 1.00 bits per heavy atom. The molecular formula is C15H14N4. The van der Waals surface area contributed by atoms with Crippen LogP contribution in [0.1, 0.15) is 5.56 Å². The average Bonchev–Trinajstić information content (AvgIpc) is 2.93. The van der Waals surface area contributed by atoms with Gasteiger partial charge in [-0.15, -0.1) is 0 Å². The summed E-state index contributed by atoms with van der Waals surface area (Å²) in [6, 6.07) is 13.9. The maximum Gasteiger partial charge on any atom is 0.0973 e. The van der Waals surface area contributed by atoms with Crippen molar-refractivity contribution in [3.05, 3.63) is 66.6 Å². The molecule has 0 bridgehead atoms. The molecule has 0 aliphatic carbocycles. The van der Waals surface area contributed by atoms with E-state index in [0.717, 1.165) is 22.5 Å². The number of nitrogens with two attached hydrogens (primary N) is 1. The van der Waals surface area contributed by atoms with Crippen molar-refractivity contribution < 1.29 is 0 Å². The Balaban J connectivity index is 2.09. The highest BCUT2D eigenvalue weighted by Crippen LogP contribution is 2.22. The first-order valence-corrected chi connectivity index (χ1v) is 6.13. The highest BCUT2D eigenvalue weighted by Gasteiger charge is 2.10. The lowest BCUT2D eigenvalue weighted by Gasteiger charge is -2.00. The molecule has 94 valence electrons. The lowest BCUT2D eigenvalue weighted by atomic mass is 10.1. The van der Waals surface area contributed by atoms with Crippen molar-refractivity contribution in [2.24, 2.45) is 5.73 Å². The predicted octanol–water partition coefficient (Wildman–Crippen LogP) is 2.39. The van der Waals surface area contributed by atoms with Gasteiger partial charge in [0.1, 0.15) is 0 Å². The fourth-order valence-electron chi connectivity index (χ4n) is 2.02. The van der Waals surface area contributed by atoms with E-state index in [2.05, 4.69) is 10.1 Å². The van der Waals surface area contributed by atoms with Gasteiger partial charge >= 0.3 is 0 Å². The Labute approximate surface area is 111 Å². The quantitative estimate of drug-likeness (QED) is 0.776. The number of rotatable bonds is 3. The van der Waals surface area contributed by atoms with Crippen LogP contribution in [0.2, 0.25) is 0 Å². The lowest BCUT2D eigenvalue weighted by molar-refractivity contribution is 0.883. The van der Waals surface area contributed by atoms with Crippen molar-refractivity contribution in [1.82, 2.24) is 14.8 Å². The summed E-state index contributed by atoms with van der Waals surface area (Å²) in [5.41, 5.74) is 9.80. The van der Waals surface area contributed by atoms with Crippen molar-refractivity contribution in [3.8, 4) is 16.9 Å². The van der Waals surface area contributed by atoms with E-state index in [1.807, 2.05) is 53.3 Å². The maximum atomic E-state index is 5.81. The molecule has 0 saturated carbocycles. The number of hydrogen-bond acceptors (Lipinski definition) is 3. The fraction of sp³-hybridized carbons (Fsp3) is 0.0667. The molecule has 4 heteroatoms. The third kappa shape index (κ3) is 2.26. The normalized spacial score (nSPS) is 10.6. The Kier molecular flexibility index (Phi) is 3.08. The van der Waals surface area contributed by atoms with Crippen molar-refractivity contribution >= 4 is 0 Å². The molecule has 0 fully saturated rings. The van der Waals surface area contributed by atoms with Gasteiger partial charge < -0.3 is 5.73 Å². The topological polar surface area (TPSA) is 56.7 Å². The molecule has 2 heterocycles. The molecule has 0 spiro atoms. The second-order valence-corrected chi connectivity index (χ2v) is 4.22. The summed E-state index contributed by atoms with van der Waals surface area (Å²) in [6.45, 7) is 0.463. The number of benzene rings is 1. The Morgan fingerprint density at radius 3 is 2.42 bits per heavy atom. The van der Waals surface area contributed by atoms with Crippen LogP contribution < -0.4 is 5.73 Å². The molecular weight excluding hydrogens is 236 g/mol. The third-order valence-corrected chi connectivity index (χ3v) is 2.98. The molecule has 0 atom stereocenters. The van der Waals surface area contributed by atoms with Crippen LogP contribution in [0.15, 0.2) is 61.1 Å². The molecule has 0 unspecified atom stereocenters. The molecule has 3 rings (SSSR count). The van der Waals surface area contributed by atoms with Crippen LogP contribution in [-0.4, -0.2) is 14.8 Å². The first-order chi connectivity index (χ1) is 9.38. The number of pyridine rings is 1. The molecule has 3 aromatic rings. The summed E-state index contributed by atoms with van der Waals surface area (Å²) in [5, 5.41) is 4.63. The maximum absolute atomic E-state index is 5.81. The van der Waals surface area contributed by atoms with Gasteiger partial charge in [0.05, 0.1) is 11.4 Å². The van der Waals surface area contributed by atoms with E-state index in [1.54, 1.807) is 12.4 Å². The largest absolute Gasteiger partial charge is 0.326 e. The zero-order valence-electron chi connectivity index (χ0n) is 10.4. The van der Waals surface area contributed by atoms with Gasteiger partial charge in [0, 0.05) is 36.3 Å². The lowest BCUT2D eigenvalue weighted by Crippen LogP contribution is -1.96. The van der Waals surface area contributed by atoms with E-state index in [-0.39, 0.29) is 0 Å². The van der Waals surface area contributed by atoms with Crippen molar-refractivity contribution in [2.75, 3.05) is 0 Å². The second kappa shape index (κ2) is 5.04. The van der Waals surface area contributed by atoms with Crippen LogP contribution in [0.25, 0.3) is 16.9 Å². The van der Waals surface area contributed by atoms with E-state index >= 15 is 0 Å². The highest BCUT2D eigenvalue weighted by molar-refractivity contribution is 5.62. The smallest absolute Gasteiger partial charge is 0.0973 e. The van der Waals surface area contributed by atoms with Crippen LogP contribution in [0.3, 0.4) is 0 Å². The minimum absolute atomic E-state index is 0.463. The molecule has 0 radical (unpaired) electrons. The van der Waals surface area contributed by atoms with Gasteiger partial charge in [-0.05, 0) is 24.3 Å². The second-order valence-electron chi connectivity index (χ2n) is 4.22. The third-order valence-electron chi connectivity index (χ3n) is 2.98. The zero-order valence-corrected chi connectivity index (χ0v) is 10.4. The average molecular weight is 250 g/mol. The van der Waals surface area contributed by atoms with Crippen LogP contribution >= 0.6 is 0 Å². The first kappa shape index (κ1) is 11.6. The van der Waals surface area contributed by atoms with E-state index < -0.39 is 0 Å². The van der Waals surface area contributed by atoms with Crippen LogP contribution in [0.4, 0.5) is 0 Å². The van der Waals surface area contributed by atoms with E-state index in [9.17, 15) is 0 Å². The van der Waals surface area contributed by atoms with Gasteiger partial charge in [0.15, 0.2) is 0 Å². The van der Waals surface area contributed by atoms with Gasteiger partial charge in [0.2, 0.25) is 0 Å². The minimum Gasteiger partial charge on any atom is -0.326 e. The molecule has 2 N–H and O–H groups in total. The van der Waals surface area contributed by atoms with Gasteiger partial charge in [0.25, 0.3) is 0 Å². The van der Waals surface area contributed by atoms with Crippen LogP contribution in [0, 0.1) is 0 Å². The molecule has 0 aliphatic rings. The summed E-state index contributed by atoms with van der Waals surface area (Å²) in [7, 11) is 0. The molecule has 1 aromatic carbocycles. The summed E-state index contributed by atoms with van der Waals surface area (Å²) in [5.74, 6) is 0. The van der Waals surface area contributed by atoms with Crippen LogP contribution in [0.5, 0.6) is 0 Å². The molecule has 2 aromatic heterocycles. The SMILES string of the molecule is NCc1cn(-c2ccccc2)nc1-c1ccncc1.